The summed E-state index contributed by atoms with van der Waals surface area (Å²) in [7, 11) is 2.03. The van der Waals surface area contributed by atoms with Crippen molar-refractivity contribution in [2.75, 3.05) is 18.1 Å². The minimum atomic E-state index is -0.0476. The van der Waals surface area contributed by atoms with Gasteiger partial charge in [0.1, 0.15) is 5.01 Å². The van der Waals surface area contributed by atoms with Gasteiger partial charge in [-0.2, -0.15) is 15.0 Å². The quantitative estimate of drug-likeness (QED) is 0.513. The molecule has 0 bridgehead atoms. The van der Waals surface area contributed by atoms with E-state index >= 15 is 0 Å². The maximum absolute atomic E-state index is 5.92. The maximum atomic E-state index is 5.92. The van der Waals surface area contributed by atoms with Gasteiger partial charge in [0, 0.05) is 5.69 Å². The second-order valence-corrected chi connectivity index (χ2v) is 7.65. The molecule has 0 unspecified atom stereocenters. The molecule has 0 spiro atoms. The molecule has 2 aromatic carbocycles. The topological polar surface area (TPSA) is 92.8 Å². The van der Waals surface area contributed by atoms with Crippen LogP contribution in [-0.4, -0.2) is 31.9 Å². The molecule has 0 fully saturated rings. The van der Waals surface area contributed by atoms with E-state index in [-0.39, 0.29) is 12.0 Å². The van der Waals surface area contributed by atoms with Crippen molar-refractivity contribution in [3.63, 3.8) is 0 Å². The molecule has 0 amide bonds. The zero-order valence-corrected chi connectivity index (χ0v) is 16.5. The van der Waals surface area contributed by atoms with Crippen molar-refractivity contribution in [1.82, 2.24) is 24.8 Å². The maximum Gasteiger partial charge on any atom is 0.232 e. The number of hydrogen-bond acceptors (Lipinski definition) is 8. The van der Waals surface area contributed by atoms with Crippen LogP contribution >= 0.6 is 11.3 Å². The van der Waals surface area contributed by atoms with Gasteiger partial charge in [0.15, 0.2) is 5.82 Å². The van der Waals surface area contributed by atoms with Crippen molar-refractivity contribution in [2.45, 2.75) is 19.5 Å². The lowest BCUT2D eigenvalue weighted by atomic mass is 10.3. The average molecular weight is 392 g/mol. The summed E-state index contributed by atoms with van der Waals surface area (Å²) in [5, 5.41) is 4.23. The summed E-state index contributed by atoms with van der Waals surface area (Å²) >= 11 is 1.70. The number of nitrogen functional groups attached to an aromatic ring is 1. The zero-order valence-electron chi connectivity index (χ0n) is 15.7. The third kappa shape index (κ3) is 4.08. The number of fused-ring (bicyclic) bond motifs is 1. The van der Waals surface area contributed by atoms with Gasteiger partial charge in [-0.1, -0.05) is 30.3 Å². The van der Waals surface area contributed by atoms with E-state index in [0.717, 1.165) is 16.2 Å². The van der Waals surface area contributed by atoms with Gasteiger partial charge in [0.25, 0.3) is 0 Å². The number of aromatic nitrogens is 4. The van der Waals surface area contributed by atoms with Gasteiger partial charge in [-0.05, 0) is 38.2 Å². The van der Waals surface area contributed by atoms with Crippen LogP contribution in [0.3, 0.4) is 0 Å². The molecule has 2 aromatic heterocycles. The highest BCUT2D eigenvalue weighted by Gasteiger charge is 2.18. The summed E-state index contributed by atoms with van der Waals surface area (Å²) in [6.07, 6.45) is 0. The van der Waals surface area contributed by atoms with E-state index in [0.29, 0.717) is 18.3 Å². The Morgan fingerprint density at radius 3 is 2.54 bits per heavy atom. The SMILES string of the molecule is C[C@H](c1nc(N)nc(Nc2ccccc2)n1)N(C)Cc1nc2ccccc2s1. The van der Waals surface area contributed by atoms with E-state index in [2.05, 4.69) is 31.2 Å². The molecule has 7 nitrogen and oxygen atoms in total. The first-order chi connectivity index (χ1) is 13.6. The zero-order chi connectivity index (χ0) is 19.5. The fourth-order valence-electron chi connectivity index (χ4n) is 2.84. The lowest BCUT2D eigenvalue weighted by molar-refractivity contribution is 0.243. The number of nitrogens with one attached hydrogen (secondary N) is 1. The van der Waals surface area contributed by atoms with Crippen molar-refractivity contribution in [3.05, 3.63) is 65.4 Å². The Morgan fingerprint density at radius 2 is 1.75 bits per heavy atom. The Morgan fingerprint density at radius 1 is 1.00 bits per heavy atom. The molecule has 142 valence electrons. The normalized spacial score (nSPS) is 12.4. The Hall–Kier alpha value is -3.10. The first-order valence-electron chi connectivity index (χ1n) is 8.97. The molecule has 0 aliphatic carbocycles. The molecule has 4 rings (SSSR count). The first kappa shape index (κ1) is 18.3. The number of hydrogen-bond donors (Lipinski definition) is 2. The standard InChI is InChI=1S/C20H21N7S/c1-13(27(2)12-17-23-15-10-6-7-11-16(15)28-17)18-24-19(21)26-20(25-18)22-14-8-4-3-5-9-14/h3-11,13H,12H2,1-2H3,(H3,21,22,24,25,26)/t13-/m1/s1. The molecule has 0 aliphatic rings. The Kier molecular flexibility index (Phi) is 5.14. The molecule has 3 N–H and O–H groups in total. The molecule has 1 atom stereocenters. The summed E-state index contributed by atoms with van der Waals surface area (Å²) in [5.74, 6) is 1.26. The van der Waals surface area contributed by atoms with Crippen molar-refractivity contribution in [2.24, 2.45) is 0 Å². The van der Waals surface area contributed by atoms with Gasteiger partial charge < -0.3 is 11.1 Å². The lowest BCUT2D eigenvalue weighted by Gasteiger charge is -2.22. The van der Waals surface area contributed by atoms with Crippen molar-refractivity contribution < 1.29 is 0 Å². The molecule has 0 aliphatic heterocycles. The van der Waals surface area contributed by atoms with E-state index in [4.69, 9.17) is 10.7 Å². The molecule has 28 heavy (non-hydrogen) atoms. The van der Waals surface area contributed by atoms with E-state index < -0.39 is 0 Å². The van der Waals surface area contributed by atoms with Gasteiger partial charge >= 0.3 is 0 Å². The van der Waals surface area contributed by atoms with Crippen LogP contribution in [0.4, 0.5) is 17.6 Å². The van der Waals surface area contributed by atoms with Crippen molar-refractivity contribution in [3.8, 4) is 0 Å². The van der Waals surface area contributed by atoms with Crippen LogP contribution in [0, 0.1) is 0 Å². The van der Waals surface area contributed by atoms with E-state index in [1.165, 1.54) is 4.70 Å². The summed E-state index contributed by atoms with van der Waals surface area (Å²) in [4.78, 5) is 20.0. The molecular weight excluding hydrogens is 370 g/mol. The second-order valence-electron chi connectivity index (χ2n) is 6.53. The molecule has 4 aromatic rings. The van der Waals surface area contributed by atoms with Crippen LogP contribution in [0.15, 0.2) is 54.6 Å². The van der Waals surface area contributed by atoms with Gasteiger partial charge in [0.2, 0.25) is 11.9 Å². The number of nitrogens with zero attached hydrogens (tertiary/aromatic N) is 5. The number of rotatable bonds is 6. The highest BCUT2D eigenvalue weighted by molar-refractivity contribution is 7.18. The Balaban J connectivity index is 1.52. The van der Waals surface area contributed by atoms with Crippen LogP contribution in [-0.2, 0) is 6.54 Å². The van der Waals surface area contributed by atoms with Crippen LogP contribution < -0.4 is 11.1 Å². The van der Waals surface area contributed by atoms with Crippen LogP contribution in [0.2, 0.25) is 0 Å². The van der Waals surface area contributed by atoms with Gasteiger partial charge in [0.05, 0.1) is 22.8 Å². The fraction of sp³-hybridized carbons (Fsp3) is 0.200. The second kappa shape index (κ2) is 7.87. The number of benzene rings is 2. The third-order valence-electron chi connectivity index (χ3n) is 4.46. The predicted molar refractivity (Wildman–Crippen MR) is 113 cm³/mol. The van der Waals surface area contributed by atoms with Crippen LogP contribution in [0.5, 0.6) is 0 Å². The highest BCUT2D eigenvalue weighted by atomic mass is 32.1. The first-order valence-corrected chi connectivity index (χ1v) is 9.78. The third-order valence-corrected chi connectivity index (χ3v) is 5.48. The van der Waals surface area contributed by atoms with Crippen LogP contribution in [0.25, 0.3) is 10.2 Å². The molecule has 0 saturated carbocycles. The average Bonchev–Trinajstić information content (AvgIpc) is 3.10. The highest BCUT2D eigenvalue weighted by Crippen LogP contribution is 2.25. The minimum absolute atomic E-state index is 0.0476. The number of anilines is 3. The smallest absolute Gasteiger partial charge is 0.232 e. The van der Waals surface area contributed by atoms with Gasteiger partial charge in [-0.15, -0.1) is 11.3 Å². The van der Waals surface area contributed by atoms with Gasteiger partial charge in [-0.3, -0.25) is 4.90 Å². The molecule has 8 heteroatoms. The Labute approximate surface area is 167 Å². The fourth-order valence-corrected chi connectivity index (χ4v) is 3.87. The minimum Gasteiger partial charge on any atom is -0.368 e. The monoisotopic (exact) mass is 391 g/mol. The molecule has 2 heterocycles. The van der Waals surface area contributed by atoms with Gasteiger partial charge in [-0.25, -0.2) is 4.98 Å². The van der Waals surface area contributed by atoms with Crippen molar-refractivity contribution in [1.29, 1.82) is 0 Å². The van der Waals surface area contributed by atoms with E-state index in [9.17, 15) is 0 Å². The summed E-state index contributed by atoms with van der Waals surface area (Å²) < 4.78 is 1.19. The summed E-state index contributed by atoms with van der Waals surface area (Å²) in [6, 6.07) is 17.9. The lowest BCUT2D eigenvalue weighted by Crippen LogP contribution is -2.24. The largest absolute Gasteiger partial charge is 0.368 e. The Bertz CT molecular complexity index is 1050. The van der Waals surface area contributed by atoms with E-state index in [1.54, 1.807) is 11.3 Å². The van der Waals surface area contributed by atoms with E-state index in [1.807, 2.05) is 62.5 Å². The van der Waals surface area contributed by atoms with Crippen molar-refractivity contribution >= 4 is 39.1 Å². The molecular formula is C20H21N7S. The summed E-state index contributed by atoms with van der Waals surface area (Å²) in [6.45, 7) is 2.75. The molecule has 0 saturated heterocycles. The molecule has 0 radical (unpaired) electrons. The number of para-hydroxylation sites is 2. The predicted octanol–water partition coefficient (Wildman–Crippen LogP) is 4.00. The van der Waals surface area contributed by atoms with Crippen LogP contribution in [0.1, 0.15) is 23.8 Å². The number of nitrogens with two attached hydrogens (primary N) is 1. The summed E-state index contributed by atoms with van der Waals surface area (Å²) in [5.41, 5.74) is 7.85. The number of thiazole rings is 1.